The van der Waals surface area contributed by atoms with Crippen LogP contribution in [0.2, 0.25) is 5.02 Å². The summed E-state index contributed by atoms with van der Waals surface area (Å²) in [6.45, 7) is 4.73. The van der Waals surface area contributed by atoms with Gasteiger partial charge in [-0.1, -0.05) is 11.6 Å². The van der Waals surface area contributed by atoms with Crippen LogP contribution in [0.5, 0.6) is 0 Å². The van der Waals surface area contributed by atoms with E-state index >= 15 is 0 Å². The van der Waals surface area contributed by atoms with Crippen LogP contribution in [0.15, 0.2) is 23.1 Å². The molecule has 0 atom stereocenters. The average molecular weight is 315 g/mol. The zero-order valence-electron chi connectivity index (χ0n) is 11.9. The first kappa shape index (κ1) is 16.9. The summed E-state index contributed by atoms with van der Waals surface area (Å²) in [5.41, 5.74) is 0.435. The van der Waals surface area contributed by atoms with Crippen molar-refractivity contribution in [2.75, 3.05) is 25.9 Å². The highest BCUT2D eigenvalue weighted by atomic mass is 35.5. The zero-order chi connectivity index (χ0) is 15.1. The van der Waals surface area contributed by atoms with Gasteiger partial charge in [0, 0.05) is 18.0 Å². The van der Waals surface area contributed by atoms with Crippen LogP contribution in [0.4, 0.5) is 0 Å². The second kappa shape index (κ2) is 8.17. The van der Waals surface area contributed by atoms with Gasteiger partial charge in [-0.15, -0.1) is 11.8 Å². The number of carbonyl (C=O) groups is 2. The van der Waals surface area contributed by atoms with Crippen LogP contribution in [0, 0.1) is 0 Å². The Kier molecular flexibility index (Phi) is 6.88. The van der Waals surface area contributed by atoms with Gasteiger partial charge in [-0.2, -0.15) is 0 Å². The molecule has 0 radical (unpaired) electrons. The zero-order valence-corrected chi connectivity index (χ0v) is 13.5. The lowest BCUT2D eigenvalue weighted by atomic mass is 10.2. The number of carbonyl (C=O) groups excluding carboxylic acids is 2. The van der Waals surface area contributed by atoms with Gasteiger partial charge in [0.05, 0.1) is 17.1 Å². The quantitative estimate of drug-likeness (QED) is 0.821. The molecule has 1 aromatic carbocycles. The minimum absolute atomic E-state index is 0.0446. The third-order valence-electron chi connectivity index (χ3n) is 2.78. The molecule has 1 N–H and O–H groups in total. The second-order valence-electron chi connectivity index (χ2n) is 4.12. The minimum Gasteiger partial charge on any atom is -0.355 e. The summed E-state index contributed by atoms with van der Waals surface area (Å²) in [6.07, 6.45) is 1.93. The molecule has 0 aromatic heterocycles. The Labute approximate surface area is 128 Å². The summed E-state index contributed by atoms with van der Waals surface area (Å²) in [6, 6.07) is 5.33. The molecule has 1 aromatic rings. The fourth-order valence-corrected chi connectivity index (χ4v) is 2.36. The molecule has 20 heavy (non-hydrogen) atoms. The third kappa shape index (κ3) is 4.42. The summed E-state index contributed by atoms with van der Waals surface area (Å²) in [4.78, 5) is 26.5. The summed E-state index contributed by atoms with van der Waals surface area (Å²) < 4.78 is 0. The van der Waals surface area contributed by atoms with E-state index in [0.29, 0.717) is 23.7 Å². The molecule has 0 heterocycles. The highest BCUT2D eigenvalue weighted by Crippen LogP contribution is 2.24. The SMILES string of the molecule is CCNC(=O)CN(CC)C(=O)c1cc(SC)ccc1Cl. The first-order chi connectivity index (χ1) is 9.53. The molecule has 0 aliphatic rings. The highest BCUT2D eigenvalue weighted by molar-refractivity contribution is 7.98. The van der Waals surface area contributed by atoms with E-state index in [0.717, 1.165) is 4.90 Å². The van der Waals surface area contributed by atoms with Gasteiger partial charge in [0.1, 0.15) is 0 Å². The van der Waals surface area contributed by atoms with Crippen LogP contribution in [-0.4, -0.2) is 42.6 Å². The number of halogens is 1. The van der Waals surface area contributed by atoms with Gasteiger partial charge in [-0.25, -0.2) is 0 Å². The van der Waals surface area contributed by atoms with Crippen molar-refractivity contribution >= 4 is 35.2 Å². The van der Waals surface area contributed by atoms with Gasteiger partial charge in [0.2, 0.25) is 5.91 Å². The van der Waals surface area contributed by atoms with Crippen molar-refractivity contribution < 1.29 is 9.59 Å². The molecule has 6 heteroatoms. The number of amides is 2. The number of likely N-dealkylation sites (N-methyl/N-ethyl adjacent to an activating group) is 2. The van der Waals surface area contributed by atoms with E-state index in [4.69, 9.17) is 11.6 Å². The average Bonchev–Trinajstić information content (AvgIpc) is 2.45. The lowest BCUT2D eigenvalue weighted by molar-refractivity contribution is -0.121. The molecule has 2 amide bonds. The number of nitrogens with one attached hydrogen (secondary N) is 1. The number of hydrogen-bond acceptors (Lipinski definition) is 3. The van der Waals surface area contributed by atoms with Crippen LogP contribution in [-0.2, 0) is 4.79 Å². The minimum atomic E-state index is -0.223. The van der Waals surface area contributed by atoms with Crippen molar-refractivity contribution in [3.8, 4) is 0 Å². The highest BCUT2D eigenvalue weighted by Gasteiger charge is 2.19. The first-order valence-electron chi connectivity index (χ1n) is 6.43. The smallest absolute Gasteiger partial charge is 0.255 e. The maximum atomic E-state index is 12.5. The van der Waals surface area contributed by atoms with E-state index in [1.807, 2.05) is 26.2 Å². The number of benzene rings is 1. The van der Waals surface area contributed by atoms with E-state index in [-0.39, 0.29) is 18.4 Å². The number of rotatable bonds is 6. The maximum Gasteiger partial charge on any atom is 0.255 e. The third-order valence-corrected chi connectivity index (χ3v) is 3.84. The molecule has 0 unspecified atom stereocenters. The molecule has 4 nitrogen and oxygen atoms in total. The molecule has 0 fully saturated rings. The van der Waals surface area contributed by atoms with E-state index in [1.165, 1.54) is 4.90 Å². The normalized spacial score (nSPS) is 10.2. The lowest BCUT2D eigenvalue weighted by Gasteiger charge is -2.21. The largest absolute Gasteiger partial charge is 0.355 e. The van der Waals surface area contributed by atoms with Crippen molar-refractivity contribution in [1.82, 2.24) is 10.2 Å². The first-order valence-corrected chi connectivity index (χ1v) is 8.03. The molecular weight excluding hydrogens is 296 g/mol. The van der Waals surface area contributed by atoms with Gasteiger partial charge in [0.25, 0.3) is 5.91 Å². The number of nitrogens with zero attached hydrogens (tertiary/aromatic N) is 1. The van der Waals surface area contributed by atoms with Crippen LogP contribution in [0.1, 0.15) is 24.2 Å². The molecule has 0 saturated heterocycles. The Bertz CT molecular complexity index is 494. The van der Waals surface area contributed by atoms with Crippen LogP contribution in [0.3, 0.4) is 0 Å². The Morgan fingerprint density at radius 2 is 2.05 bits per heavy atom. The molecule has 0 spiro atoms. The standard InChI is InChI=1S/C14H19ClN2O2S/c1-4-16-13(18)9-17(5-2)14(19)11-8-10(20-3)6-7-12(11)15/h6-8H,4-5,9H2,1-3H3,(H,16,18). The van der Waals surface area contributed by atoms with Crippen molar-refractivity contribution in [2.24, 2.45) is 0 Å². The molecule has 110 valence electrons. The topological polar surface area (TPSA) is 49.4 Å². The lowest BCUT2D eigenvalue weighted by Crippen LogP contribution is -2.40. The van der Waals surface area contributed by atoms with Crippen molar-refractivity contribution in [3.63, 3.8) is 0 Å². The van der Waals surface area contributed by atoms with Crippen LogP contribution >= 0.6 is 23.4 Å². The Hall–Kier alpha value is -1.20. The Morgan fingerprint density at radius 3 is 2.60 bits per heavy atom. The molecule has 0 saturated carbocycles. The number of hydrogen-bond donors (Lipinski definition) is 1. The fourth-order valence-electron chi connectivity index (χ4n) is 1.72. The van der Waals surface area contributed by atoms with Crippen molar-refractivity contribution in [1.29, 1.82) is 0 Å². The summed E-state index contributed by atoms with van der Waals surface area (Å²) in [5, 5.41) is 3.09. The summed E-state index contributed by atoms with van der Waals surface area (Å²) >= 11 is 7.63. The maximum absolute atomic E-state index is 12.5. The Balaban J connectivity index is 2.93. The van der Waals surface area contributed by atoms with E-state index in [1.54, 1.807) is 23.9 Å². The van der Waals surface area contributed by atoms with Crippen LogP contribution in [0.25, 0.3) is 0 Å². The van der Waals surface area contributed by atoms with E-state index < -0.39 is 0 Å². The van der Waals surface area contributed by atoms with Crippen LogP contribution < -0.4 is 5.32 Å². The van der Waals surface area contributed by atoms with Gasteiger partial charge < -0.3 is 10.2 Å². The van der Waals surface area contributed by atoms with E-state index in [2.05, 4.69) is 5.32 Å². The van der Waals surface area contributed by atoms with Gasteiger partial charge >= 0.3 is 0 Å². The molecule has 1 rings (SSSR count). The molecule has 0 aliphatic heterocycles. The molecule has 0 bridgehead atoms. The van der Waals surface area contributed by atoms with Gasteiger partial charge in [-0.05, 0) is 38.3 Å². The predicted octanol–water partition coefficient (Wildman–Crippen LogP) is 2.66. The van der Waals surface area contributed by atoms with E-state index in [9.17, 15) is 9.59 Å². The molecule has 0 aliphatic carbocycles. The van der Waals surface area contributed by atoms with Crippen molar-refractivity contribution in [3.05, 3.63) is 28.8 Å². The second-order valence-corrected chi connectivity index (χ2v) is 5.41. The predicted molar refractivity (Wildman–Crippen MR) is 83.5 cm³/mol. The van der Waals surface area contributed by atoms with Gasteiger partial charge in [-0.3, -0.25) is 9.59 Å². The Morgan fingerprint density at radius 1 is 1.35 bits per heavy atom. The monoisotopic (exact) mass is 314 g/mol. The number of thioether (sulfide) groups is 1. The fraction of sp³-hybridized carbons (Fsp3) is 0.429. The molecular formula is C14H19ClN2O2S. The van der Waals surface area contributed by atoms with Gasteiger partial charge in [0.15, 0.2) is 0 Å². The summed E-state index contributed by atoms with van der Waals surface area (Å²) in [5.74, 6) is -0.389. The van der Waals surface area contributed by atoms with Crippen molar-refractivity contribution in [2.45, 2.75) is 18.7 Å². The summed E-state index contributed by atoms with van der Waals surface area (Å²) in [7, 11) is 0.